The van der Waals surface area contributed by atoms with Crippen LogP contribution in [0.5, 0.6) is 0 Å². The molecule has 1 aliphatic heterocycles. The minimum Gasteiger partial charge on any atom is -0.310 e. The predicted octanol–water partition coefficient (Wildman–Crippen LogP) is 15.6. The van der Waals surface area contributed by atoms with Gasteiger partial charge in [-0.3, -0.25) is 13.9 Å². The number of fused-ring (bicyclic) bond motifs is 4. The first-order valence-electron chi connectivity index (χ1n) is 21.2. The van der Waals surface area contributed by atoms with Crippen LogP contribution in [0.1, 0.15) is 25.0 Å². The molecule has 9 aromatic carbocycles. The van der Waals surface area contributed by atoms with Gasteiger partial charge in [0.25, 0.3) is 0 Å². The average Bonchev–Trinajstić information content (AvgIpc) is 3.74. The molecule has 0 radical (unpaired) electrons. The van der Waals surface area contributed by atoms with Crippen molar-refractivity contribution < 1.29 is 4.57 Å². The van der Waals surface area contributed by atoms with Gasteiger partial charge in [0.2, 0.25) is 0 Å². The van der Waals surface area contributed by atoms with E-state index in [1.54, 1.807) is 0 Å². The molecule has 1 atom stereocenters. The molecule has 0 amide bonds. The molecule has 0 bridgehead atoms. The van der Waals surface area contributed by atoms with E-state index in [1.807, 2.05) is 78.9 Å². The van der Waals surface area contributed by atoms with Crippen LogP contribution in [0.15, 0.2) is 231 Å². The predicted molar refractivity (Wildman–Crippen MR) is 260 cm³/mol. The second kappa shape index (κ2) is 15.0. The maximum atomic E-state index is 16.1. The smallest absolute Gasteiger partial charge is 0.301 e. The summed E-state index contributed by atoms with van der Waals surface area (Å²) in [5.74, 6) is 0. The Bertz CT molecular complexity index is 3120. The van der Waals surface area contributed by atoms with Gasteiger partial charge in [-0.05, 0) is 118 Å². The molecule has 62 heavy (non-hydrogen) atoms. The summed E-state index contributed by atoms with van der Waals surface area (Å²) in [6.45, 7) is 4.67. The maximum absolute atomic E-state index is 16.1. The number of anilines is 7. The van der Waals surface area contributed by atoms with Gasteiger partial charge in [0.05, 0.1) is 22.4 Å². The molecular weight excluding hydrogens is 774 g/mol. The number of rotatable bonds is 8. The number of hydrogen-bond donors (Lipinski definition) is 0. The van der Waals surface area contributed by atoms with Crippen molar-refractivity contribution in [1.82, 2.24) is 0 Å². The topological polar surface area (TPSA) is 26.8 Å². The fourth-order valence-electron chi connectivity index (χ4n) is 9.60. The van der Waals surface area contributed by atoms with Crippen molar-refractivity contribution in [3.63, 3.8) is 0 Å². The molecule has 1 unspecified atom stereocenters. The summed E-state index contributed by atoms with van der Waals surface area (Å²) in [7, 11) is -3.47. The first-order valence-corrected chi connectivity index (χ1v) is 22.8. The van der Waals surface area contributed by atoms with E-state index in [9.17, 15) is 0 Å². The van der Waals surface area contributed by atoms with Gasteiger partial charge in [-0.1, -0.05) is 166 Å². The SMILES string of the molecule is CC1(C)c2ccccc2-c2c(N(c3ccc(-c4ccccc4)cc3)c3ccc(-c4ccc5c(c4)N(c4ccccc4)P(=O)(c4ccccc4)N5c4ccccc4)cc3)cccc21. The average molecular weight is 818 g/mol. The van der Waals surface area contributed by atoms with Crippen LogP contribution in [0.25, 0.3) is 33.4 Å². The van der Waals surface area contributed by atoms with E-state index < -0.39 is 7.44 Å². The van der Waals surface area contributed by atoms with Gasteiger partial charge < -0.3 is 4.90 Å². The lowest BCUT2D eigenvalue weighted by atomic mass is 9.82. The van der Waals surface area contributed by atoms with Crippen LogP contribution in [0, 0.1) is 0 Å². The Balaban J connectivity index is 1.05. The fourth-order valence-corrected chi connectivity index (χ4v) is 12.6. The van der Waals surface area contributed by atoms with Crippen LogP contribution in [0.4, 0.5) is 39.8 Å². The first-order chi connectivity index (χ1) is 30.4. The van der Waals surface area contributed by atoms with Gasteiger partial charge in [0.1, 0.15) is 0 Å². The van der Waals surface area contributed by atoms with Crippen LogP contribution in [0.3, 0.4) is 0 Å². The van der Waals surface area contributed by atoms with Crippen LogP contribution >= 0.6 is 7.44 Å². The maximum Gasteiger partial charge on any atom is 0.301 e. The van der Waals surface area contributed by atoms with Crippen LogP contribution < -0.4 is 19.5 Å². The van der Waals surface area contributed by atoms with Crippen LogP contribution in [0.2, 0.25) is 0 Å². The standard InChI is InChI=1S/C57H44N3OP/c1-57(2)51-27-16-15-26-50(51)56-52(57)28-17-29-54(56)58(45-35-30-42(31-36-45)41-18-7-3-8-19-41)46-37-32-43(33-38-46)44-34-39-53-55(40-44)60(48-22-11-5-12-23-48)62(61,49-24-13-6-14-25-49)59(53)47-20-9-4-10-21-47/h3-40H,1-2H3. The molecule has 1 aliphatic carbocycles. The van der Waals surface area contributed by atoms with Crippen molar-refractivity contribution in [1.29, 1.82) is 0 Å². The van der Waals surface area contributed by atoms with Gasteiger partial charge in [-0.25, -0.2) is 0 Å². The molecule has 0 aromatic heterocycles. The third-order valence-corrected chi connectivity index (χ3v) is 15.5. The number of para-hydroxylation sites is 2. The summed E-state index contributed by atoms with van der Waals surface area (Å²) in [5, 5.41) is 0.769. The highest BCUT2D eigenvalue weighted by molar-refractivity contribution is 7.76. The monoisotopic (exact) mass is 817 g/mol. The van der Waals surface area contributed by atoms with Crippen LogP contribution in [-0.4, -0.2) is 0 Å². The van der Waals surface area contributed by atoms with E-state index in [0.29, 0.717) is 0 Å². The largest absolute Gasteiger partial charge is 0.310 e. The minimum atomic E-state index is -3.47. The molecule has 298 valence electrons. The highest BCUT2D eigenvalue weighted by Gasteiger charge is 2.49. The Kier molecular flexibility index (Phi) is 9.07. The molecule has 0 N–H and O–H groups in total. The normalized spacial score (nSPS) is 15.8. The van der Waals surface area contributed by atoms with E-state index in [0.717, 1.165) is 56.2 Å². The van der Waals surface area contributed by atoms with E-state index in [1.165, 1.54) is 33.4 Å². The summed E-state index contributed by atoms with van der Waals surface area (Å²) in [6.07, 6.45) is 0. The Morgan fingerprint density at radius 3 is 1.50 bits per heavy atom. The zero-order valence-corrected chi connectivity index (χ0v) is 35.5. The summed E-state index contributed by atoms with van der Waals surface area (Å²) in [4.78, 5) is 2.41. The van der Waals surface area contributed by atoms with E-state index in [-0.39, 0.29) is 5.41 Å². The third-order valence-electron chi connectivity index (χ3n) is 12.6. The Morgan fingerprint density at radius 2 is 0.887 bits per heavy atom. The van der Waals surface area contributed by atoms with E-state index >= 15 is 4.57 Å². The first kappa shape index (κ1) is 37.6. The second-order valence-electron chi connectivity index (χ2n) is 16.5. The second-order valence-corrected chi connectivity index (χ2v) is 18.9. The molecule has 4 nitrogen and oxygen atoms in total. The molecule has 0 spiro atoms. The molecule has 2 aliphatic rings. The van der Waals surface area contributed by atoms with Crippen molar-refractivity contribution >= 4 is 52.6 Å². The van der Waals surface area contributed by atoms with Crippen molar-refractivity contribution in [2.45, 2.75) is 19.3 Å². The quantitative estimate of drug-likeness (QED) is 0.143. The van der Waals surface area contributed by atoms with E-state index in [4.69, 9.17) is 0 Å². The molecule has 9 aromatic rings. The number of benzene rings is 9. The van der Waals surface area contributed by atoms with Gasteiger partial charge in [0, 0.05) is 33.7 Å². The lowest BCUT2D eigenvalue weighted by Crippen LogP contribution is -2.26. The van der Waals surface area contributed by atoms with Crippen molar-refractivity contribution in [3.8, 4) is 33.4 Å². The summed E-state index contributed by atoms with van der Waals surface area (Å²) < 4.78 is 20.2. The number of hydrogen-bond acceptors (Lipinski definition) is 2. The van der Waals surface area contributed by atoms with Gasteiger partial charge in [-0.2, -0.15) is 0 Å². The Hall–Kier alpha value is -7.39. The molecule has 1 heterocycles. The Morgan fingerprint density at radius 1 is 0.419 bits per heavy atom. The number of nitrogens with zero attached hydrogens (tertiary/aromatic N) is 3. The molecule has 11 rings (SSSR count). The molecule has 5 heteroatoms. The highest BCUT2D eigenvalue weighted by atomic mass is 31.2. The lowest BCUT2D eigenvalue weighted by molar-refractivity contribution is 0.582. The fraction of sp³-hybridized carbons (Fsp3) is 0.0526. The zero-order chi connectivity index (χ0) is 41.8. The molecule has 0 saturated heterocycles. The van der Waals surface area contributed by atoms with Crippen molar-refractivity contribution in [3.05, 3.63) is 242 Å². The molecule has 0 saturated carbocycles. The van der Waals surface area contributed by atoms with Crippen molar-refractivity contribution in [2.75, 3.05) is 14.2 Å². The lowest BCUT2D eigenvalue weighted by Gasteiger charge is -2.33. The van der Waals surface area contributed by atoms with Gasteiger partial charge >= 0.3 is 7.44 Å². The minimum absolute atomic E-state index is 0.129. The molecule has 0 fully saturated rings. The van der Waals surface area contributed by atoms with Crippen molar-refractivity contribution in [2.24, 2.45) is 0 Å². The zero-order valence-electron chi connectivity index (χ0n) is 34.6. The van der Waals surface area contributed by atoms with Gasteiger partial charge in [0.15, 0.2) is 0 Å². The molecular formula is C57H44N3OP. The summed E-state index contributed by atoms with van der Waals surface area (Å²) >= 11 is 0. The highest BCUT2D eigenvalue weighted by Crippen LogP contribution is 2.70. The summed E-state index contributed by atoms with van der Waals surface area (Å²) in [5.41, 5.74) is 16.4. The van der Waals surface area contributed by atoms with Gasteiger partial charge in [-0.15, -0.1) is 0 Å². The Labute approximate surface area is 364 Å². The van der Waals surface area contributed by atoms with E-state index in [2.05, 4.69) is 180 Å². The van der Waals surface area contributed by atoms with Crippen LogP contribution in [-0.2, 0) is 9.98 Å². The third kappa shape index (κ3) is 6.02. The summed E-state index contributed by atoms with van der Waals surface area (Å²) in [6, 6.07) is 80.7.